The lowest BCUT2D eigenvalue weighted by molar-refractivity contribution is 0.240. The molecule has 0 saturated carbocycles. The molecule has 1 aromatic carbocycles. The molecule has 0 bridgehead atoms. The molecular weight excluding hydrogens is 278 g/mol. The van der Waals surface area contributed by atoms with Crippen molar-refractivity contribution in [1.82, 2.24) is 4.72 Å². The average molecular weight is 301 g/mol. The molecule has 2 N–H and O–H groups in total. The highest BCUT2D eigenvalue weighted by molar-refractivity contribution is 7.89. The summed E-state index contributed by atoms with van der Waals surface area (Å²) in [5.74, 6) is 0.674. The van der Waals surface area contributed by atoms with Gasteiger partial charge in [0.1, 0.15) is 5.75 Å². The monoisotopic (exact) mass is 301 g/mol. The molecule has 0 aliphatic carbocycles. The van der Waals surface area contributed by atoms with Gasteiger partial charge < -0.3 is 9.84 Å². The van der Waals surface area contributed by atoms with Crippen molar-refractivity contribution in [2.75, 3.05) is 6.61 Å². The molecule has 1 atom stereocenters. The molecule has 0 saturated heterocycles. The summed E-state index contributed by atoms with van der Waals surface area (Å²) < 4.78 is 32.4. The third-order valence-electron chi connectivity index (χ3n) is 2.85. The van der Waals surface area contributed by atoms with Crippen molar-refractivity contribution < 1.29 is 18.3 Å². The van der Waals surface area contributed by atoms with E-state index in [9.17, 15) is 8.42 Å². The number of ether oxygens (including phenoxy) is 1. The number of hydrogen-bond acceptors (Lipinski definition) is 4. The van der Waals surface area contributed by atoms with Crippen molar-refractivity contribution in [1.29, 1.82) is 0 Å². The predicted octanol–water partition coefficient (Wildman–Crippen LogP) is 1.83. The molecular formula is C14H23NO4S. The minimum absolute atomic E-state index is 0.0353. The van der Waals surface area contributed by atoms with E-state index in [2.05, 4.69) is 4.72 Å². The maximum atomic E-state index is 12.2. The van der Waals surface area contributed by atoms with Gasteiger partial charge in [-0.1, -0.05) is 6.92 Å². The maximum absolute atomic E-state index is 12.2. The van der Waals surface area contributed by atoms with Crippen LogP contribution in [-0.2, 0) is 10.0 Å². The summed E-state index contributed by atoms with van der Waals surface area (Å²) in [4.78, 5) is 0.179. The first kappa shape index (κ1) is 16.9. The molecule has 0 unspecified atom stereocenters. The van der Waals surface area contributed by atoms with Crippen LogP contribution in [0.25, 0.3) is 0 Å². The SMILES string of the molecule is CC[C@H](CO)NS(=O)(=O)c1ccc(OC(C)C)c(C)c1. The van der Waals surface area contributed by atoms with Gasteiger partial charge >= 0.3 is 0 Å². The van der Waals surface area contributed by atoms with Gasteiger partial charge in [0.2, 0.25) is 10.0 Å². The Morgan fingerprint density at radius 1 is 1.35 bits per heavy atom. The van der Waals surface area contributed by atoms with E-state index in [0.717, 1.165) is 5.56 Å². The van der Waals surface area contributed by atoms with Gasteiger partial charge in [0.25, 0.3) is 0 Å². The van der Waals surface area contributed by atoms with E-state index in [1.807, 2.05) is 20.8 Å². The zero-order valence-electron chi connectivity index (χ0n) is 12.4. The fraction of sp³-hybridized carbons (Fsp3) is 0.571. The number of aryl methyl sites for hydroxylation is 1. The number of nitrogens with one attached hydrogen (secondary N) is 1. The Kier molecular flexibility index (Phi) is 5.98. The Bertz CT molecular complexity index is 536. The molecule has 0 radical (unpaired) electrons. The zero-order valence-corrected chi connectivity index (χ0v) is 13.2. The number of aliphatic hydroxyl groups is 1. The normalized spacial score (nSPS) is 13.5. The van der Waals surface area contributed by atoms with Crippen molar-refractivity contribution in [2.45, 2.75) is 51.2 Å². The van der Waals surface area contributed by atoms with E-state index in [1.165, 1.54) is 6.07 Å². The fourth-order valence-electron chi connectivity index (χ4n) is 1.71. The molecule has 0 spiro atoms. The highest BCUT2D eigenvalue weighted by atomic mass is 32.2. The van der Waals surface area contributed by atoms with Crippen LogP contribution >= 0.6 is 0 Å². The van der Waals surface area contributed by atoms with Crippen LogP contribution in [0.3, 0.4) is 0 Å². The summed E-state index contributed by atoms with van der Waals surface area (Å²) in [6.07, 6.45) is 0.566. The van der Waals surface area contributed by atoms with E-state index in [4.69, 9.17) is 9.84 Å². The number of aliphatic hydroxyl groups excluding tert-OH is 1. The summed E-state index contributed by atoms with van der Waals surface area (Å²) in [6, 6.07) is 4.28. The molecule has 5 nitrogen and oxygen atoms in total. The quantitative estimate of drug-likeness (QED) is 0.805. The zero-order chi connectivity index (χ0) is 15.3. The van der Waals surface area contributed by atoms with Gasteiger partial charge in [0, 0.05) is 6.04 Å². The van der Waals surface area contributed by atoms with Crippen molar-refractivity contribution >= 4 is 10.0 Å². The fourth-order valence-corrected chi connectivity index (χ4v) is 3.11. The smallest absolute Gasteiger partial charge is 0.240 e. The molecule has 0 heterocycles. The van der Waals surface area contributed by atoms with Crippen molar-refractivity contribution in [3.05, 3.63) is 23.8 Å². The molecule has 1 rings (SSSR count). The van der Waals surface area contributed by atoms with Crippen LogP contribution in [0.4, 0.5) is 0 Å². The van der Waals surface area contributed by atoms with E-state index in [1.54, 1.807) is 19.1 Å². The molecule has 20 heavy (non-hydrogen) atoms. The summed E-state index contributed by atoms with van der Waals surface area (Å²) in [6.45, 7) is 7.23. The first-order valence-electron chi connectivity index (χ1n) is 6.70. The van der Waals surface area contributed by atoms with Crippen LogP contribution < -0.4 is 9.46 Å². The molecule has 114 valence electrons. The number of hydrogen-bond donors (Lipinski definition) is 2. The topological polar surface area (TPSA) is 75.6 Å². The van der Waals surface area contributed by atoms with Gasteiger partial charge in [0.05, 0.1) is 17.6 Å². The minimum atomic E-state index is -3.62. The molecule has 0 aromatic heterocycles. The summed E-state index contributed by atoms with van der Waals surface area (Å²) in [7, 11) is -3.62. The van der Waals surface area contributed by atoms with Gasteiger partial charge in [-0.05, 0) is 51.0 Å². The summed E-state index contributed by atoms with van der Waals surface area (Å²) in [5.41, 5.74) is 0.763. The highest BCUT2D eigenvalue weighted by Crippen LogP contribution is 2.23. The van der Waals surface area contributed by atoms with Crippen LogP contribution in [0.5, 0.6) is 5.75 Å². The van der Waals surface area contributed by atoms with Crippen LogP contribution in [0.1, 0.15) is 32.8 Å². The second kappa shape index (κ2) is 7.06. The predicted molar refractivity (Wildman–Crippen MR) is 78.4 cm³/mol. The first-order chi connectivity index (χ1) is 9.30. The van der Waals surface area contributed by atoms with Gasteiger partial charge in [-0.15, -0.1) is 0 Å². The van der Waals surface area contributed by atoms with Crippen LogP contribution in [0, 0.1) is 6.92 Å². The van der Waals surface area contributed by atoms with E-state index < -0.39 is 16.1 Å². The lowest BCUT2D eigenvalue weighted by Crippen LogP contribution is -2.36. The molecule has 6 heteroatoms. The minimum Gasteiger partial charge on any atom is -0.491 e. The van der Waals surface area contributed by atoms with Crippen molar-refractivity contribution in [2.24, 2.45) is 0 Å². The molecule has 1 aromatic rings. The van der Waals surface area contributed by atoms with Crippen LogP contribution in [-0.4, -0.2) is 32.3 Å². The van der Waals surface area contributed by atoms with E-state index in [-0.39, 0.29) is 17.6 Å². The Morgan fingerprint density at radius 3 is 2.45 bits per heavy atom. The van der Waals surface area contributed by atoms with Crippen LogP contribution in [0.15, 0.2) is 23.1 Å². The second-order valence-corrected chi connectivity index (χ2v) is 6.72. The highest BCUT2D eigenvalue weighted by Gasteiger charge is 2.19. The van der Waals surface area contributed by atoms with Gasteiger partial charge in [-0.3, -0.25) is 0 Å². The maximum Gasteiger partial charge on any atom is 0.240 e. The van der Waals surface area contributed by atoms with Gasteiger partial charge in [-0.2, -0.15) is 0 Å². The van der Waals surface area contributed by atoms with Gasteiger partial charge in [-0.25, -0.2) is 13.1 Å². The number of sulfonamides is 1. The second-order valence-electron chi connectivity index (χ2n) is 5.00. The number of rotatable bonds is 7. The van der Waals surface area contributed by atoms with Crippen molar-refractivity contribution in [3.63, 3.8) is 0 Å². The standard InChI is InChI=1S/C14H23NO4S/c1-5-12(9-16)15-20(17,18)13-6-7-14(11(4)8-13)19-10(2)3/h6-8,10,12,15-16H,5,9H2,1-4H3/t12-/m1/s1. The molecule has 0 amide bonds. The number of benzene rings is 1. The molecule has 0 aliphatic rings. The Balaban J connectivity index is 2.99. The Morgan fingerprint density at radius 2 is 2.00 bits per heavy atom. The van der Waals surface area contributed by atoms with E-state index in [0.29, 0.717) is 12.2 Å². The van der Waals surface area contributed by atoms with Gasteiger partial charge in [0.15, 0.2) is 0 Å². The molecule has 0 fully saturated rings. The lowest BCUT2D eigenvalue weighted by Gasteiger charge is -2.16. The average Bonchev–Trinajstić information content (AvgIpc) is 2.37. The summed E-state index contributed by atoms with van der Waals surface area (Å²) in [5, 5.41) is 9.09. The Labute approximate surface area is 121 Å². The van der Waals surface area contributed by atoms with Crippen LogP contribution in [0.2, 0.25) is 0 Å². The third kappa shape index (κ3) is 4.47. The Hall–Kier alpha value is -1.11. The summed E-state index contributed by atoms with van der Waals surface area (Å²) >= 11 is 0. The van der Waals surface area contributed by atoms with E-state index >= 15 is 0 Å². The largest absolute Gasteiger partial charge is 0.491 e. The molecule has 0 aliphatic heterocycles. The van der Waals surface area contributed by atoms with Crippen molar-refractivity contribution in [3.8, 4) is 5.75 Å². The third-order valence-corrected chi connectivity index (χ3v) is 4.37. The first-order valence-corrected chi connectivity index (χ1v) is 8.19. The lowest BCUT2D eigenvalue weighted by atomic mass is 10.2.